The lowest BCUT2D eigenvalue weighted by molar-refractivity contribution is 0.102. The van der Waals surface area contributed by atoms with Crippen molar-refractivity contribution >= 4 is 34.1 Å². The zero-order valence-electron chi connectivity index (χ0n) is 13.2. The molecule has 0 aliphatic carbocycles. The van der Waals surface area contributed by atoms with E-state index in [2.05, 4.69) is 5.32 Å². The minimum Gasteiger partial charge on any atom is -0.490 e. The van der Waals surface area contributed by atoms with Gasteiger partial charge in [0.1, 0.15) is 29.6 Å². The van der Waals surface area contributed by atoms with Gasteiger partial charge in [0.2, 0.25) is 5.43 Å². The molecule has 2 heterocycles. The van der Waals surface area contributed by atoms with Crippen LogP contribution >= 0.6 is 11.6 Å². The lowest BCUT2D eigenvalue weighted by atomic mass is 10.1. The average Bonchev–Trinajstić information content (AvgIpc) is 2.61. The van der Waals surface area contributed by atoms with E-state index in [-0.39, 0.29) is 21.7 Å². The van der Waals surface area contributed by atoms with E-state index in [1.165, 1.54) is 12.3 Å². The SMILES string of the molecule is O=C(Nc1ccc(F)cc1F)c1cn2c3c(ccc(Cl)c3c1=O)OCC2. The summed E-state index contributed by atoms with van der Waals surface area (Å²) in [4.78, 5) is 25.3. The van der Waals surface area contributed by atoms with Gasteiger partial charge in [-0.3, -0.25) is 9.59 Å². The number of hydrogen-bond donors (Lipinski definition) is 1. The van der Waals surface area contributed by atoms with Crippen molar-refractivity contribution in [3.05, 3.63) is 69.0 Å². The molecule has 3 aromatic rings. The van der Waals surface area contributed by atoms with Crippen molar-refractivity contribution in [1.29, 1.82) is 0 Å². The molecular formula is C18H11ClF2N2O3. The van der Waals surface area contributed by atoms with E-state index < -0.39 is 23.0 Å². The summed E-state index contributed by atoms with van der Waals surface area (Å²) in [6, 6.07) is 5.93. The maximum atomic E-state index is 13.8. The molecule has 132 valence electrons. The van der Waals surface area contributed by atoms with Crippen LogP contribution in [0.2, 0.25) is 5.02 Å². The molecule has 26 heavy (non-hydrogen) atoms. The molecule has 1 aromatic heterocycles. The van der Waals surface area contributed by atoms with Crippen molar-refractivity contribution in [1.82, 2.24) is 4.57 Å². The maximum absolute atomic E-state index is 13.8. The van der Waals surface area contributed by atoms with Crippen molar-refractivity contribution in [3.63, 3.8) is 0 Å². The van der Waals surface area contributed by atoms with Gasteiger partial charge in [-0.25, -0.2) is 8.78 Å². The molecule has 0 saturated heterocycles. The fourth-order valence-electron chi connectivity index (χ4n) is 2.95. The summed E-state index contributed by atoms with van der Waals surface area (Å²) in [5.74, 6) is -2.01. The molecule has 2 aromatic carbocycles. The van der Waals surface area contributed by atoms with Gasteiger partial charge in [-0.05, 0) is 24.3 Å². The molecule has 1 aliphatic heterocycles. The molecule has 8 heteroatoms. The molecule has 0 unspecified atom stereocenters. The molecular weight excluding hydrogens is 366 g/mol. The van der Waals surface area contributed by atoms with Gasteiger partial charge < -0.3 is 14.6 Å². The van der Waals surface area contributed by atoms with E-state index in [4.69, 9.17) is 16.3 Å². The number of benzene rings is 2. The average molecular weight is 377 g/mol. The highest BCUT2D eigenvalue weighted by molar-refractivity contribution is 6.35. The molecule has 0 radical (unpaired) electrons. The van der Waals surface area contributed by atoms with Gasteiger partial charge in [-0.1, -0.05) is 11.6 Å². The Bertz CT molecular complexity index is 1130. The number of aromatic nitrogens is 1. The molecule has 0 spiro atoms. The predicted molar refractivity (Wildman–Crippen MR) is 93.0 cm³/mol. The molecule has 5 nitrogen and oxygen atoms in total. The summed E-state index contributed by atoms with van der Waals surface area (Å²) in [5, 5.41) is 2.65. The molecule has 0 atom stereocenters. The second-order valence-electron chi connectivity index (χ2n) is 5.76. The lowest BCUT2D eigenvalue weighted by Gasteiger charge is -2.22. The normalized spacial score (nSPS) is 12.7. The topological polar surface area (TPSA) is 60.3 Å². The van der Waals surface area contributed by atoms with Crippen LogP contribution < -0.4 is 15.5 Å². The summed E-state index contributed by atoms with van der Waals surface area (Å²) in [5.41, 5.74) is -0.494. The number of pyridine rings is 1. The van der Waals surface area contributed by atoms with Crippen molar-refractivity contribution in [2.75, 3.05) is 11.9 Å². The van der Waals surface area contributed by atoms with Gasteiger partial charge in [-0.15, -0.1) is 0 Å². The zero-order valence-corrected chi connectivity index (χ0v) is 13.9. The Morgan fingerprint density at radius 2 is 2.04 bits per heavy atom. The first-order chi connectivity index (χ1) is 12.5. The van der Waals surface area contributed by atoms with Crippen molar-refractivity contribution < 1.29 is 18.3 Å². The number of carbonyl (C=O) groups excluding carboxylic acids is 1. The molecule has 4 rings (SSSR count). The van der Waals surface area contributed by atoms with Crippen LogP contribution in [0.25, 0.3) is 10.9 Å². The van der Waals surface area contributed by atoms with Crippen LogP contribution in [0.15, 0.2) is 41.3 Å². The number of halogens is 3. The van der Waals surface area contributed by atoms with Crippen molar-refractivity contribution in [3.8, 4) is 5.75 Å². The standard InChI is InChI=1S/C18H11ClF2N2O3/c19-11-2-4-14-16-15(11)17(24)10(8-23(16)5-6-26-14)18(25)22-13-3-1-9(20)7-12(13)21/h1-4,7-8H,5-6H2,(H,22,25). The number of hydrogen-bond acceptors (Lipinski definition) is 3. The first kappa shape index (κ1) is 16.5. The quantitative estimate of drug-likeness (QED) is 0.743. The van der Waals surface area contributed by atoms with Crippen LogP contribution in [0.4, 0.5) is 14.5 Å². The summed E-state index contributed by atoms with van der Waals surface area (Å²) >= 11 is 6.16. The van der Waals surface area contributed by atoms with Crippen molar-refractivity contribution in [2.45, 2.75) is 6.54 Å². The Morgan fingerprint density at radius 3 is 2.81 bits per heavy atom. The fraction of sp³-hybridized carbons (Fsp3) is 0.111. The van der Waals surface area contributed by atoms with Crippen LogP contribution in [-0.2, 0) is 6.54 Å². The molecule has 0 fully saturated rings. The number of amides is 1. The Morgan fingerprint density at radius 1 is 1.23 bits per heavy atom. The van der Waals surface area contributed by atoms with Crippen LogP contribution in [0.5, 0.6) is 5.75 Å². The second kappa shape index (κ2) is 6.10. The Labute approximate surface area is 150 Å². The Balaban J connectivity index is 1.84. The number of carbonyl (C=O) groups is 1. The van der Waals surface area contributed by atoms with E-state index in [1.807, 2.05) is 0 Å². The fourth-order valence-corrected chi connectivity index (χ4v) is 3.19. The monoisotopic (exact) mass is 376 g/mol. The van der Waals surface area contributed by atoms with E-state index in [1.54, 1.807) is 10.6 Å². The van der Waals surface area contributed by atoms with E-state index in [9.17, 15) is 18.4 Å². The number of anilines is 1. The third-order valence-electron chi connectivity index (χ3n) is 4.15. The van der Waals surface area contributed by atoms with E-state index >= 15 is 0 Å². The summed E-state index contributed by atoms with van der Waals surface area (Å²) < 4.78 is 34.0. The van der Waals surface area contributed by atoms with Gasteiger partial charge in [-0.2, -0.15) is 0 Å². The third-order valence-corrected chi connectivity index (χ3v) is 4.46. The smallest absolute Gasteiger partial charge is 0.261 e. The maximum Gasteiger partial charge on any atom is 0.261 e. The second-order valence-corrected chi connectivity index (χ2v) is 6.17. The van der Waals surface area contributed by atoms with E-state index in [0.717, 1.165) is 12.1 Å². The highest BCUT2D eigenvalue weighted by atomic mass is 35.5. The van der Waals surface area contributed by atoms with Gasteiger partial charge >= 0.3 is 0 Å². The van der Waals surface area contributed by atoms with Crippen LogP contribution in [0.1, 0.15) is 10.4 Å². The van der Waals surface area contributed by atoms with Crippen LogP contribution in [0, 0.1) is 11.6 Å². The first-order valence-electron chi connectivity index (χ1n) is 7.70. The largest absolute Gasteiger partial charge is 0.490 e. The van der Waals surface area contributed by atoms with Crippen LogP contribution in [0.3, 0.4) is 0 Å². The summed E-state index contributed by atoms with van der Waals surface area (Å²) in [6.07, 6.45) is 1.39. The van der Waals surface area contributed by atoms with Gasteiger partial charge in [0.05, 0.1) is 28.2 Å². The highest BCUT2D eigenvalue weighted by Crippen LogP contribution is 2.32. The first-order valence-corrected chi connectivity index (χ1v) is 8.08. The molecule has 1 amide bonds. The molecule has 1 aliphatic rings. The zero-order chi connectivity index (χ0) is 18.4. The third kappa shape index (κ3) is 2.61. The highest BCUT2D eigenvalue weighted by Gasteiger charge is 2.22. The van der Waals surface area contributed by atoms with E-state index in [0.29, 0.717) is 30.5 Å². The van der Waals surface area contributed by atoms with Gasteiger partial charge in [0, 0.05) is 12.3 Å². The summed E-state index contributed by atoms with van der Waals surface area (Å²) in [6.45, 7) is 0.801. The van der Waals surface area contributed by atoms with Gasteiger partial charge in [0.15, 0.2) is 0 Å². The lowest BCUT2D eigenvalue weighted by Crippen LogP contribution is -2.27. The Kier molecular flexibility index (Phi) is 3.88. The number of rotatable bonds is 2. The summed E-state index contributed by atoms with van der Waals surface area (Å²) in [7, 11) is 0. The van der Waals surface area contributed by atoms with Crippen LogP contribution in [-0.4, -0.2) is 17.1 Å². The number of nitrogens with zero attached hydrogens (tertiary/aromatic N) is 1. The number of nitrogens with one attached hydrogen (secondary N) is 1. The van der Waals surface area contributed by atoms with Gasteiger partial charge in [0.25, 0.3) is 5.91 Å². The minimum absolute atomic E-state index is 0.163. The van der Waals surface area contributed by atoms with Crippen molar-refractivity contribution in [2.24, 2.45) is 0 Å². The molecule has 1 N–H and O–H groups in total. The predicted octanol–water partition coefficient (Wildman–Crippen LogP) is 3.58. The number of ether oxygens (including phenoxy) is 1. The molecule has 0 bridgehead atoms. The Hall–Kier alpha value is -2.93. The molecule has 0 saturated carbocycles. The minimum atomic E-state index is -0.936.